The van der Waals surface area contributed by atoms with Crippen LogP contribution in [0.15, 0.2) is 33.7 Å². The van der Waals surface area contributed by atoms with E-state index < -0.39 is 0 Å². The van der Waals surface area contributed by atoms with E-state index in [1.54, 1.807) is 12.1 Å². The maximum Gasteiger partial charge on any atom is 0.251 e. The van der Waals surface area contributed by atoms with Crippen molar-refractivity contribution in [3.63, 3.8) is 0 Å². The summed E-state index contributed by atoms with van der Waals surface area (Å²) in [6.45, 7) is 8.13. The molecule has 1 amide bonds. The van der Waals surface area contributed by atoms with Gasteiger partial charge < -0.3 is 20.7 Å². The first kappa shape index (κ1) is 20.4. The molecule has 0 aromatic heterocycles. The van der Waals surface area contributed by atoms with E-state index in [0.29, 0.717) is 31.9 Å². The van der Waals surface area contributed by atoms with Crippen LogP contribution in [-0.4, -0.2) is 51.3 Å². The fourth-order valence-corrected chi connectivity index (χ4v) is 2.33. The molecule has 1 rings (SSSR count). The van der Waals surface area contributed by atoms with Crippen molar-refractivity contribution in [1.82, 2.24) is 16.0 Å². The van der Waals surface area contributed by atoms with Crippen LogP contribution in [0, 0.1) is 0 Å². The first-order chi connectivity index (χ1) is 11.7. The van der Waals surface area contributed by atoms with Gasteiger partial charge in [-0.25, -0.2) is 0 Å². The van der Waals surface area contributed by atoms with Crippen molar-refractivity contribution in [3.05, 3.63) is 34.3 Å². The number of amides is 1. The fourth-order valence-electron chi connectivity index (χ4n) is 1.93. The summed E-state index contributed by atoms with van der Waals surface area (Å²) in [5, 5.41) is 9.29. The lowest BCUT2D eigenvalue weighted by molar-refractivity contribution is 0.0953. The third-order valence-corrected chi connectivity index (χ3v) is 3.56. The molecule has 0 bridgehead atoms. The first-order valence-corrected chi connectivity index (χ1v) is 9.10. The SMILES string of the molecule is CCNC(=NCCCNC(=O)c1cccc(Br)c1)NCCOCC. The van der Waals surface area contributed by atoms with E-state index in [4.69, 9.17) is 4.74 Å². The van der Waals surface area contributed by atoms with Gasteiger partial charge in [0.25, 0.3) is 5.91 Å². The van der Waals surface area contributed by atoms with Gasteiger partial charge in [0.15, 0.2) is 5.96 Å². The number of guanidine groups is 1. The molecule has 7 heteroatoms. The number of carbonyl (C=O) groups is 1. The quantitative estimate of drug-likeness (QED) is 0.320. The summed E-state index contributed by atoms with van der Waals surface area (Å²) in [6.07, 6.45) is 0.780. The Kier molecular flexibility index (Phi) is 10.9. The molecule has 0 radical (unpaired) electrons. The van der Waals surface area contributed by atoms with Crippen LogP contribution in [-0.2, 0) is 4.74 Å². The van der Waals surface area contributed by atoms with Crippen LogP contribution in [0.3, 0.4) is 0 Å². The van der Waals surface area contributed by atoms with E-state index in [2.05, 4.69) is 36.9 Å². The largest absolute Gasteiger partial charge is 0.380 e. The summed E-state index contributed by atoms with van der Waals surface area (Å²) in [5.74, 6) is 0.706. The number of aliphatic imine (C=N–C) groups is 1. The maximum atomic E-state index is 12.0. The number of carbonyl (C=O) groups excluding carboxylic acids is 1. The number of hydrogen-bond acceptors (Lipinski definition) is 3. The molecule has 0 fully saturated rings. The van der Waals surface area contributed by atoms with Gasteiger partial charge in [0, 0.05) is 42.8 Å². The molecular formula is C17H27BrN4O2. The van der Waals surface area contributed by atoms with Crippen molar-refractivity contribution in [3.8, 4) is 0 Å². The first-order valence-electron chi connectivity index (χ1n) is 8.31. The van der Waals surface area contributed by atoms with Gasteiger partial charge >= 0.3 is 0 Å². The van der Waals surface area contributed by atoms with Crippen LogP contribution in [0.25, 0.3) is 0 Å². The van der Waals surface area contributed by atoms with Crippen molar-refractivity contribution in [2.45, 2.75) is 20.3 Å². The van der Waals surface area contributed by atoms with E-state index in [9.17, 15) is 4.79 Å². The number of benzene rings is 1. The molecule has 0 aliphatic rings. The average molecular weight is 399 g/mol. The number of halogens is 1. The number of ether oxygens (including phenoxy) is 1. The molecule has 0 atom stereocenters. The van der Waals surface area contributed by atoms with Crippen LogP contribution in [0.5, 0.6) is 0 Å². The minimum absolute atomic E-state index is 0.0676. The summed E-state index contributed by atoms with van der Waals surface area (Å²) in [7, 11) is 0. The number of rotatable bonds is 10. The Morgan fingerprint density at radius 2 is 2.04 bits per heavy atom. The molecule has 0 unspecified atom stereocenters. The molecule has 1 aromatic rings. The van der Waals surface area contributed by atoms with Crippen molar-refractivity contribution in [2.24, 2.45) is 4.99 Å². The maximum absolute atomic E-state index is 12.0. The van der Waals surface area contributed by atoms with Crippen molar-refractivity contribution >= 4 is 27.8 Å². The highest BCUT2D eigenvalue weighted by molar-refractivity contribution is 9.10. The molecule has 0 aliphatic carbocycles. The van der Waals surface area contributed by atoms with E-state index in [1.807, 2.05) is 26.0 Å². The van der Waals surface area contributed by atoms with Gasteiger partial charge in [0.2, 0.25) is 0 Å². The highest BCUT2D eigenvalue weighted by atomic mass is 79.9. The van der Waals surface area contributed by atoms with Gasteiger partial charge in [-0.1, -0.05) is 22.0 Å². The van der Waals surface area contributed by atoms with Gasteiger partial charge in [-0.2, -0.15) is 0 Å². The van der Waals surface area contributed by atoms with E-state index in [-0.39, 0.29) is 5.91 Å². The third kappa shape index (κ3) is 8.88. The highest BCUT2D eigenvalue weighted by Crippen LogP contribution is 2.11. The zero-order valence-corrected chi connectivity index (χ0v) is 16.0. The summed E-state index contributed by atoms with van der Waals surface area (Å²) < 4.78 is 6.18. The molecule has 1 aromatic carbocycles. The lowest BCUT2D eigenvalue weighted by atomic mass is 10.2. The topological polar surface area (TPSA) is 74.8 Å². The Morgan fingerprint density at radius 1 is 1.21 bits per heavy atom. The summed E-state index contributed by atoms with van der Waals surface area (Å²) in [6, 6.07) is 7.34. The van der Waals surface area contributed by atoms with Gasteiger partial charge in [0.1, 0.15) is 0 Å². The predicted molar refractivity (Wildman–Crippen MR) is 102 cm³/mol. The Labute approximate surface area is 152 Å². The van der Waals surface area contributed by atoms with Crippen LogP contribution in [0.1, 0.15) is 30.6 Å². The number of hydrogen-bond donors (Lipinski definition) is 3. The second kappa shape index (κ2) is 12.8. The Bertz CT molecular complexity index is 523. The monoisotopic (exact) mass is 398 g/mol. The van der Waals surface area contributed by atoms with Crippen LogP contribution >= 0.6 is 15.9 Å². The summed E-state index contributed by atoms with van der Waals surface area (Å²) in [5.41, 5.74) is 0.652. The van der Waals surface area contributed by atoms with Crippen molar-refractivity contribution < 1.29 is 9.53 Å². The molecule has 24 heavy (non-hydrogen) atoms. The van der Waals surface area contributed by atoms with Gasteiger partial charge in [-0.05, 0) is 38.5 Å². The van der Waals surface area contributed by atoms with Gasteiger partial charge in [-0.15, -0.1) is 0 Å². The lowest BCUT2D eigenvalue weighted by Crippen LogP contribution is -2.39. The summed E-state index contributed by atoms with van der Waals surface area (Å²) in [4.78, 5) is 16.5. The standard InChI is InChI=1S/C17H27BrN4O2/c1-3-19-17(22-11-12-24-4-2)21-10-6-9-20-16(23)14-7-5-8-15(18)13-14/h5,7-8,13H,3-4,6,9-12H2,1-2H3,(H,20,23)(H2,19,21,22). The molecule has 3 N–H and O–H groups in total. The Morgan fingerprint density at radius 3 is 2.75 bits per heavy atom. The fraction of sp³-hybridized carbons (Fsp3) is 0.529. The summed E-state index contributed by atoms with van der Waals surface area (Å²) >= 11 is 3.36. The zero-order chi connectivity index (χ0) is 17.6. The molecule has 0 aliphatic heterocycles. The third-order valence-electron chi connectivity index (χ3n) is 3.06. The minimum Gasteiger partial charge on any atom is -0.380 e. The van der Waals surface area contributed by atoms with Crippen molar-refractivity contribution in [1.29, 1.82) is 0 Å². The Hall–Kier alpha value is -1.60. The minimum atomic E-state index is -0.0676. The molecule has 0 heterocycles. The number of nitrogens with one attached hydrogen (secondary N) is 3. The molecular weight excluding hydrogens is 372 g/mol. The average Bonchev–Trinajstić information content (AvgIpc) is 2.58. The van der Waals surface area contributed by atoms with Gasteiger partial charge in [-0.3, -0.25) is 9.79 Å². The molecule has 134 valence electrons. The Balaban J connectivity index is 2.27. The van der Waals surface area contributed by atoms with Gasteiger partial charge in [0.05, 0.1) is 6.61 Å². The predicted octanol–water partition coefficient (Wildman–Crippen LogP) is 2.16. The van der Waals surface area contributed by atoms with Crippen LogP contribution < -0.4 is 16.0 Å². The second-order valence-electron chi connectivity index (χ2n) is 5.00. The zero-order valence-electron chi connectivity index (χ0n) is 14.4. The smallest absolute Gasteiger partial charge is 0.251 e. The van der Waals surface area contributed by atoms with E-state index >= 15 is 0 Å². The highest BCUT2D eigenvalue weighted by Gasteiger charge is 2.04. The van der Waals surface area contributed by atoms with E-state index in [0.717, 1.165) is 29.9 Å². The molecule has 0 spiro atoms. The van der Waals surface area contributed by atoms with Crippen molar-refractivity contribution in [2.75, 3.05) is 39.4 Å². The number of nitrogens with zero attached hydrogens (tertiary/aromatic N) is 1. The van der Waals surface area contributed by atoms with Crippen LogP contribution in [0.2, 0.25) is 0 Å². The molecule has 0 saturated carbocycles. The lowest BCUT2D eigenvalue weighted by Gasteiger charge is -2.11. The van der Waals surface area contributed by atoms with E-state index in [1.165, 1.54) is 0 Å². The molecule has 0 saturated heterocycles. The molecule has 6 nitrogen and oxygen atoms in total. The van der Waals surface area contributed by atoms with Crippen LogP contribution in [0.4, 0.5) is 0 Å². The second-order valence-corrected chi connectivity index (χ2v) is 5.92. The normalized spacial score (nSPS) is 11.2.